The zero-order valence-corrected chi connectivity index (χ0v) is 12.8. The molecular weight excluding hydrogens is 318 g/mol. The Balaban J connectivity index is 2.21. The maximum Gasteiger partial charge on any atom is 0.133 e. The summed E-state index contributed by atoms with van der Waals surface area (Å²) in [5.41, 5.74) is 1.05. The summed E-state index contributed by atoms with van der Waals surface area (Å²) in [5, 5.41) is 3.11. The zero-order valence-electron chi connectivity index (χ0n) is 9.62. The number of halogens is 1. The summed E-state index contributed by atoms with van der Waals surface area (Å²) in [6.07, 6.45) is 1.42. The standard InChI is InChI=1S/C12H12BrNOS2/c1-7(15)3-4-10-8(2)14-12(17-10)11-5-9(13)6-16-11/h5-6H,3-4H2,1-2H3. The van der Waals surface area contributed by atoms with Crippen LogP contribution in [0.3, 0.4) is 0 Å². The molecule has 0 unspecified atom stereocenters. The van der Waals surface area contributed by atoms with Crippen molar-refractivity contribution in [1.29, 1.82) is 0 Å². The number of hydrogen-bond acceptors (Lipinski definition) is 4. The molecular formula is C12H12BrNOS2. The fraction of sp³-hybridized carbons (Fsp3) is 0.333. The molecule has 2 aromatic rings. The number of aromatic nitrogens is 1. The molecule has 0 saturated heterocycles. The molecule has 5 heteroatoms. The number of rotatable bonds is 4. The van der Waals surface area contributed by atoms with Crippen LogP contribution < -0.4 is 0 Å². The summed E-state index contributed by atoms with van der Waals surface area (Å²) in [7, 11) is 0. The Morgan fingerprint density at radius 2 is 2.29 bits per heavy atom. The molecule has 0 fully saturated rings. The number of carbonyl (C=O) groups is 1. The molecule has 0 amide bonds. The molecule has 0 aliphatic rings. The minimum absolute atomic E-state index is 0.234. The van der Waals surface area contributed by atoms with E-state index in [2.05, 4.69) is 32.4 Å². The van der Waals surface area contributed by atoms with Crippen LogP contribution in [0.4, 0.5) is 0 Å². The molecule has 0 radical (unpaired) electrons. The Labute approximate surface area is 117 Å². The molecule has 0 aromatic carbocycles. The highest BCUT2D eigenvalue weighted by atomic mass is 79.9. The number of thiazole rings is 1. The van der Waals surface area contributed by atoms with Gasteiger partial charge in [0, 0.05) is 21.2 Å². The molecule has 0 saturated carbocycles. The van der Waals surface area contributed by atoms with Crippen LogP contribution in [0.2, 0.25) is 0 Å². The van der Waals surface area contributed by atoms with Crippen molar-refractivity contribution in [2.75, 3.05) is 0 Å². The fourth-order valence-corrected chi connectivity index (χ4v) is 4.03. The van der Waals surface area contributed by atoms with Crippen LogP contribution in [0, 0.1) is 6.92 Å². The van der Waals surface area contributed by atoms with E-state index in [1.165, 1.54) is 9.75 Å². The summed E-state index contributed by atoms with van der Waals surface area (Å²) < 4.78 is 1.09. The van der Waals surface area contributed by atoms with Gasteiger partial charge in [0.15, 0.2) is 0 Å². The summed E-state index contributed by atoms with van der Waals surface area (Å²) >= 11 is 6.82. The number of carbonyl (C=O) groups excluding carboxylic acids is 1. The van der Waals surface area contributed by atoms with Crippen LogP contribution in [0.5, 0.6) is 0 Å². The number of hydrogen-bond donors (Lipinski definition) is 0. The van der Waals surface area contributed by atoms with Gasteiger partial charge in [0.1, 0.15) is 10.8 Å². The van der Waals surface area contributed by atoms with Gasteiger partial charge >= 0.3 is 0 Å². The van der Waals surface area contributed by atoms with Crippen molar-refractivity contribution >= 4 is 44.4 Å². The quantitative estimate of drug-likeness (QED) is 0.828. The van der Waals surface area contributed by atoms with Gasteiger partial charge in [-0.15, -0.1) is 22.7 Å². The average molecular weight is 330 g/mol. The van der Waals surface area contributed by atoms with Gasteiger partial charge in [0.2, 0.25) is 0 Å². The normalized spacial score (nSPS) is 10.8. The van der Waals surface area contributed by atoms with E-state index < -0.39 is 0 Å². The molecule has 2 nitrogen and oxygen atoms in total. The first-order valence-electron chi connectivity index (χ1n) is 5.26. The van der Waals surface area contributed by atoms with E-state index in [4.69, 9.17) is 0 Å². The van der Waals surface area contributed by atoms with Crippen molar-refractivity contribution in [3.05, 3.63) is 26.5 Å². The molecule has 0 bridgehead atoms. The minimum atomic E-state index is 0.234. The van der Waals surface area contributed by atoms with E-state index in [9.17, 15) is 4.79 Å². The van der Waals surface area contributed by atoms with Crippen molar-refractivity contribution in [2.24, 2.45) is 0 Å². The third kappa shape index (κ3) is 3.24. The summed E-state index contributed by atoms with van der Waals surface area (Å²) in [6, 6.07) is 2.08. The Morgan fingerprint density at radius 1 is 1.53 bits per heavy atom. The van der Waals surface area contributed by atoms with Crippen molar-refractivity contribution < 1.29 is 4.79 Å². The van der Waals surface area contributed by atoms with E-state index >= 15 is 0 Å². The van der Waals surface area contributed by atoms with Crippen LogP contribution in [-0.4, -0.2) is 10.8 Å². The van der Waals surface area contributed by atoms with Gasteiger partial charge in [-0.3, -0.25) is 0 Å². The Hall–Kier alpha value is -0.520. The topological polar surface area (TPSA) is 30.0 Å². The lowest BCUT2D eigenvalue weighted by molar-refractivity contribution is -0.116. The van der Waals surface area contributed by atoms with E-state index in [0.717, 1.165) is 21.6 Å². The van der Waals surface area contributed by atoms with Gasteiger partial charge in [-0.25, -0.2) is 4.98 Å². The van der Waals surface area contributed by atoms with Gasteiger partial charge in [-0.2, -0.15) is 0 Å². The first-order valence-corrected chi connectivity index (χ1v) is 7.75. The van der Waals surface area contributed by atoms with Gasteiger partial charge < -0.3 is 4.79 Å². The molecule has 2 aromatic heterocycles. The first kappa shape index (κ1) is 12.9. The second kappa shape index (κ2) is 5.42. The number of ketones is 1. The summed E-state index contributed by atoms with van der Waals surface area (Å²) in [4.78, 5) is 18.0. The predicted molar refractivity (Wildman–Crippen MR) is 76.9 cm³/mol. The Bertz CT molecular complexity index is 544. The molecule has 0 aliphatic carbocycles. The SMILES string of the molecule is CC(=O)CCc1sc(-c2cc(Br)cs2)nc1C. The lowest BCUT2D eigenvalue weighted by Crippen LogP contribution is -1.93. The smallest absolute Gasteiger partial charge is 0.133 e. The molecule has 0 aliphatic heterocycles. The molecule has 90 valence electrons. The second-order valence-corrected chi connectivity index (χ2v) is 6.77. The monoisotopic (exact) mass is 329 g/mol. The minimum Gasteiger partial charge on any atom is -0.300 e. The number of thiophene rings is 1. The maximum atomic E-state index is 11.0. The summed E-state index contributed by atoms with van der Waals surface area (Å²) in [5.74, 6) is 0.234. The van der Waals surface area contributed by atoms with Gasteiger partial charge in [0.25, 0.3) is 0 Å². The zero-order chi connectivity index (χ0) is 12.4. The number of aryl methyl sites for hydroxylation is 2. The average Bonchev–Trinajstić information content (AvgIpc) is 2.82. The highest BCUT2D eigenvalue weighted by Gasteiger charge is 2.11. The fourth-order valence-electron chi connectivity index (χ4n) is 1.48. The number of nitrogens with zero attached hydrogens (tertiary/aromatic N) is 1. The van der Waals surface area contributed by atoms with Crippen LogP contribution in [-0.2, 0) is 11.2 Å². The first-order chi connectivity index (χ1) is 8.06. The number of Topliss-reactive ketones (excluding diaryl/α,β-unsaturated/α-hetero) is 1. The van der Waals surface area contributed by atoms with Crippen LogP contribution in [0.1, 0.15) is 23.9 Å². The van der Waals surface area contributed by atoms with E-state index in [-0.39, 0.29) is 5.78 Å². The van der Waals surface area contributed by atoms with Gasteiger partial charge in [-0.1, -0.05) is 0 Å². The lowest BCUT2D eigenvalue weighted by atomic mass is 10.2. The highest BCUT2D eigenvalue weighted by Crippen LogP contribution is 2.34. The molecule has 2 heterocycles. The van der Waals surface area contributed by atoms with E-state index in [1.807, 2.05) is 6.92 Å². The van der Waals surface area contributed by atoms with Crippen molar-refractivity contribution in [3.8, 4) is 9.88 Å². The van der Waals surface area contributed by atoms with Crippen molar-refractivity contribution in [2.45, 2.75) is 26.7 Å². The van der Waals surface area contributed by atoms with Crippen molar-refractivity contribution in [1.82, 2.24) is 4.98 Å². The third-order valence-corrected chi connectivity index (χ3v) is 5.45. The molecule has 0 spiro atoms. The Morgan fingerprint density at radius 3 is 2.88 bits per heavy atom. The molecule has 0 atom stereocenters. The van der Waals surface area contributed by atoms with E-state index in [1.54, 1.807) is 29.6 Å². The molecule has 17 heavy (non-hydrogen) atoms. The van der Waals surface area contributed by atoms with Crippen molar-refractivity contribution in [3.63, 3.8) is 0 Å². The van der Waals surface area contributed by atoms with Crippen LogP contribution in [0.25, 0.3) is 9.88 Å². The van der Waals surface area contributed by atoms with E-state index in [0.29, 0.717) is 6.42 Å². The molecule has 2 rings (SSSR count). The van der Waals surface area contributed by atoms with Crippen LogP contribution >= 0.6 is 38.6 Å². The summed E-state index contributed by atoms with van der Waals surface area (Å²) in [6.45, 7) is 3.64. The third-order valence-electron chi connectivity index (χ3n) is 2.38. The Kier molecular flexibility index (Phi) is 4.12. The van der Waals surface area contributed by atoms with Gasteiger partial charge in [-0.05, 0) is 42.3 Å². The van der Waals surface area contributed by atoms with Gasteiger partial charge in [0.05, 0.1) is 10.6 Å². The molecule has 0 N–H and O–H groups in total. The lowest BCUT2D eigenvalue weighted by Gasteiger charge is -1.93. The second-order valence-electron chi connectivity index (χ2n) is 3.86. The predicted octanol–water partition coefficient (Wildman–Crippen LogP) is 4.46. The highest BCUT2D eigenvalue weighted by molar-refractivity contribution is 9.10. The van der Waals surface area contributed by atoms with Crippen LogP contribution in [0.15, 0.2) is 15.9 Å². The maximum absolute atomic E-state index is 11.0. The largest absolute Gasteiger partial charge is 0.300 e.